The molecular formula is C34H28I2O4. The van der Waals surface area contributed by atoms with E-state index in [0.29, 0.717) is 0 Å². The maximum absolute atomic E-state index is 5.49. The average molecular weight is 754 g/mol. The van der Waals surface area contributed by atoms with E-state index in [1.165, 1.54) is 23.9 Å². The van der Waals surface area contributed by atoms with Crippen LogP contribution in [0.15, 0.2) is 110 Å². The van der Waals surface area contributed by atoms with E-state index in [4.69, 9.17) is 18.9 Å². The van der Waals surface area contributed by atoms with E-state index in [9.17, 15) is 0 Å². The van der Waals surface area contributed by atoms with Gasteiger partial charge < -0.3 is 18.9 Å². The summed E-state index contributed by atoms with van der Waals surface area (Å²) in [5, 5.41) is 0. The minimum atomic E-state index is 0.818. The molecule has 4 aromatic carbocycles. The van der Waals surface area contributed by atoms with Crippen molar-refractivity contribution < 1.29 is 18.9 Å². The van der Waals surface area contributed by atoms with Gasteiger partial charge in [0.05, 0.1) is 28.4 Å². The van der Waals surface area contributed by atoms with Crippen molar-refractivity contribution in [1.29, 1.82) is 0 Å². The molecule has 5 rings (SSSR count). The lowest BCUT2D eigenvalue weighted by Crippen LogP contribution is -1.98. The largest absolute Gasteiger partial charge is 0.497 e. The standard InChI is InChI=1S/C34H28I2O4/c1-37-25-13-5-21(6-14-25)29(22-7-15-26(38-2)16-8-22)32-30(23-9-17-27(39-3)18-10-23)31(33(35)34(32)36)24-11-19-28(40-4)20-12-24/h5-20H,1-4H3. The van der Waals surface area contributed by atoms with Crippen LogP contribution in [0.4, 0.5) is 0 Å². The van der Waals surface area contributed by atoms with Gasteiger partial charge >= 0.3 is 0 Å². The molecule has 0 atom stereocenters. The van der Waals surface area contributed by atoms with Gasteiger partial charge in [-0.2, -0.15) is 0 Å². The molecule has 4 aromatic rings. The molecule has 0 unspecified atom stereocenters. The molecule has 202 valence electrons. The van der Waals surface area contributed by atoms with Gasteiger partial charge in [0, 0.05) is 18.3 Å². The second-order valence-electron chi connectivity index (χ2n) is 9.04. The average Bonchev–Trinajstić information content (AvgIpc) is 3.27. The summed E-state index contributed by atoms with van der Waals surface area (Å²) < 4.78 is 24.3. The van der Waals surface area contributed by atoms with Gasteiger partial charge in [0.1, 0.15) is 23.0 Å². The molecule has 0 bridgehead atoms. The van der Waals surface area contributed by atoms with Crippen LogP contribution in [0.25, 0.3) is 16.7 Å². The third kappa shape index (κ3) is 5.51. The number of ether oxygens (including phenoxy) is 4. The zero-order chi connectivity index (χ0) is 28.2. The Kier molecular flexibility index (Phi) is 8.85. The second kappa shape index (κ2) is 12.5. The first-order chi connectivity index (χ1) is 19.5. The fourth-order valence-electron chi connectivity index (χ4n) is 4.84. The van der Waals surface area contributed by atoms with Crippen molar-refractivity contribution in [3.8, 4) is 23.0 Å². The van der Waals surface area contributed by atoms with E-state index < -0.39 is 0 Å². The highest BCUT2D eigenvalue weighted by Crippen LogP contribution is 2.55. The molecule has 0 aliphatic heterocycles. The highest BCUT2D eigenvalue weighted by molar-refractivity contribution is 14.1. The van der Waals surface area contributed by atoms with Gasteiger partial charge in [0.2, 0.25) is 0 Å². The number of hydrogen-bond donors (Lipinski definition) is 0. The van der Waals surface area contributed by atoms with Gasteiger partial charge in [-0.15, -0.1) is 0 Å². The maximum atomic E-state index is 5.49. The zero-order valence-electron chi connectivity index (χ0n) is 22.6. The van der Waals surface area contributed by atoms with E-state index in [0.717, 1.165) is 50.8 Å². The van der Waals surface area contributed by atoms with Crippen LogP contribution >= 0.6 is 45.2 Å². The Bertz CT molecular complexity index is 1550. The van der Waals surface area contributed by atoms with Crippen LogP contribution in [0.5, 0.6) is 23.0 Å². The Hall–Kier alpha value is -3.24. The molecule has 0 saturated carbocycles. The molecule has 6 heteroatoms. The number of methoxy groups -OCH3 is 4. The summed E-state index contributed by atoms with van der Waals surface area (Å²) in [4.78, 5) is 0. The topological polar surface area (TPSA) is 36.9 Å². The number of allylic oxidation sites excluding steroid dienone is 5. The zero-order valence-corrected chi connectivity index (χ0v) is 26.9. The van der Waals surface area contributed by atoms with Gasteiger partial charge in [0.15, 0.2) is 0 Å². The Morgan fingerprint density at radius 3 is 1.10 bits per heavy atom. The van der Waals surface area contributed by atoms with Crippen molar-refractivity contribution in [2.24, 2.45) is 0 Å². The molecule has 1 aliphatic rings. The molecule has 0 heterocycles. The summed E-state index contributed by atoms with van der Waals surface area (Å²) in [6.07, 6.45) is 0. The van der Waals surface area contributed by atoms with Gasteiger partial charge in [-0.25, -0.2) is 0 Å². The monoisotopic (exact) mass is 754 g/mol. The molecule has 0 amide bonds. The Labute approximate surface area is 262 Å². The summed E-state index contributed by atoms with van der Waals surface area (Å²) in [6.45, 7) is 0. The predicted molar refractivity (Wildman–Crippen MR) is 180 cm³/mol. The van der Waals surface area contributed by atoms with Crippen molar-refractivity contribution in [2.45, 2.75) is 0 Å². The van der Waals surface area contributed by atoms with Crippen molar-refractivity contribution in [3.63, 3.8) is 0 Å². The SMILES string of the molecule is COc1ccc(C2=C(c3ccc(OC)cc3)C(=C(c3ccc(OC)cc3)c3ccc(OC)cc3)C(I)=C2I)cc1. The van der Waals surface area contributed by atoms with Crippen LogP contribution in [0.2, 0.25) is 0 Å². The molecule has 0 aromatic heterocycles. The molecule has 0 N–H and O–H groups in total. The van der Waals surface area contributed by atoms with Crippen molar-refractivity contribution in [1.82, 2.24) is 0 Å². The number of halogens is 2. The lowest BCUT2D eigenvalue weighted by Gasteiger charge is -2.19. The summed E-state index contributed by atoms with van der Waals surface area (Å²) >= 11 is 4.99. The molecule has 0 saturated heterocycles. The Balaban J connectivity index is 1.86. The summed E-state index contributed by atoms with van der Waals surface area (Å²) in [6, 6.07) is 33.1. The van der Waals surface area contributed by atoms with Gasteiger partial charge in [0.25, 0.3) is 0 Å². The molecule has 0 radical (unpaired) electrons. The maximum Gasteiger partial charge on any atom is 0.118 e. The summed E-state index contributed by atoms with van der Waals surface area (Å²) in [7, 11) is 6.76. The molecular weight excluding hydrogens is 726 g/mol. The highest BCUT2D eigenvalue weighted by atomic mass is 127. The van der Waals surface area contributed by atoms with Crippen LogP contribution in [-0.4, -0.2) is 28.4 Å². The molecule has 0 spiro atoms. The summed E-state index contributed by atoms with van der Waals surface area (Å²) in [5.41, 5.74) is 9.11. The van der Waals surface area contributed by atoms with Gasteiger partial charge in [-0.3, -0.25) is 0 Å². The van der Waals surface area contributed by atoms with Crippen LogP contribution < -0.4 is 18.9 Å². The van der Waals surface area contributed by atoms with E-state index in [-0.39, 0.29) is 0 Å². The molecule has 40 heavy (non-hydrogen) atoms. The minimum absolute atomic E-state index is 0.818. The van der Waals surface area contributed by atoms with Crippen LogP contribution in [-0.2, 0) is 0 Å². The van der Waals surface area contributed by atoms with Crippen LogP contribution in [0.3, 0.4) is 0 Å². The smallest absolute Gasteiger partial charge is 0.118 e. The minimum Gasteiger partial charge on any atom is -0.497 e. The second-order valence-corrected chi connectivity index (χ2v) is 11.2. The van der Waals surface area contributed by atoms with Crippen LogP contribution in [0, 0.1) is 0 Å². The first-order valence-electron chi connectivity index (χ1n) is 12.6. The highest BCUT2D eigenvalue weighted by Gasteiger charge is 2.32. The van der Waals surface area contributed by atoms with Crippen LogP contribution in [0.1, 0.15) is 22.3 Å². The fourth-order valence-corrected chi connectivity index (χ4v) is 6.50. The number of rotatable bonds is 8. The van der Waals surface area contributed by atoms with Gasteiger partial charge in [-0.05, 0) is 127 Å². The van der Waals surface area contributed by atoms with E-state index in [1.807, 2.05) is 48.5 Å². The molecule has 4 nitrogen and oxygen atoms in total. The van der Waals surface area contributed by atoms with Crippen molar-refractivity contribution in [2.75, 3.05) is 28.4 Å². The lowest BCUT2D eigenvalue weighted by atomic mass is 9.86. The van der Waals surface area contributed by atoms with Crippen molar-refractivity contribution in [3.05, 3.63) is 132 Å². The third-order valence-corrected chi connectivity index (χ3v) is 10.1. The Morgan fingerprint density at radius 1 is 0.425 bits per heavy atom. The first kappa shape index (κ1) is 28.3. The molecule has 1 aliphatic carbocycles. The quantitative estimate of drug-likeness (QED) is 0.168. The summed E-state index contributed by atoms with van der Waals surface area (Å²) in [5.74, 6) is 3.29. The predicted octanol–water partition coefficient (Wildman–Crippen LogP) is 9.23. The van der Waals surface area contributed by atoms with E-state index in [2.05, 4.69) is 93.7 Å². The first-order valence-corrected chi connectivity index (χ1v) is 14.8. The van der Waals surface area contributed by atoms with E-state index >= 15 is 0 Å². The number of hydrogen-bond acceptors (Lipinski definition) is 4. The molecule has 0 fully saturated rings. The Morgan fingerprint density at radius 2 is 0.750 bits per heavy atom. The fraction of sp³-hybridized carbons (Fsp3) is 0.118. The van der Waals surface area contributed by atoms with E-state index in [1.54, 1.807) is 28.4 Å². The number of benzene rings is 4. The normalized spacial score (nSPS) is 13.0. The lowest BCUT2D eigenvalue weighted by molar-refractivity contribution is 0.414. The van der Waals surface area contributed by atoms with Crippen molar-refractivity contribution >= 4 is 61.9 Å². The van der Waals surface area contributed by atoms with Gasteiger partial charge in [-0.1, -0.05) is 48.5 Å². The third-order valence-electron chi connectivity index (χ3n) is 6.90.